The van der Waals surface area contributed by atoms with Crippen LogP contribution in [0, 0.1) is 0 Å². The van der Waals surface area contributed by atoms with Gasteiger partial charge in [0.25, 0.3) is 0 Å². The molecular weight excluding hydrogens is 306 g/mol. The summed E-state index contributed by atoms with van der Waals surface area (Å²) in [6.07, 6.45) is 4.42. The molecule has 2 rings (SSSR count). The Kier molecular flexibility index (Phi) is 4.41. The minimum absolute atomic E-state index is 0.0443. The minimum atomic E-state index is 0.0443. The maximum atomic E-state index is 6.06. The Bertz CT molecular complexity index is 464. The summed E-state index contributed by atoms with van der Waals surface area (Å²) in [5.41, 5.74) is 8.54. The van der Waals surface area contributed by atoms with Gasteiger partial charge in [-0.2, -0.15) is 0 Å². The topological polar surface area (TPSA) is 44.5 Å². The van der Waals surface area contributed by atoms with Crippen LogP contribution >= 0.6 is 15.9 Å². The van der Waals surface area contributed by atoms with Gasteiger partial charge in [-0.05, 0) is 30.9 Å². The van der Waals surface area contributed by atoms with Crippen LogP contribution in [0.3, 0.4) is 0 Å². The maximum absolute atomic E-state index is 6.06. The van der Waals surface area contributed by atoms with Crippen molar-refractivity contribution in [2.45, 2.75) is 38.0 Å². The predicted molar refractivity (Wildman–Crippen MR) is 81.2 cm³/mol. The van der Waals surface area contributed by atoms with Crippen LogP contribution in [0.4, 0.5) is 0 Å². The summed E-state index contributed by atoms with van der Waals surface area (Å²) in [6, 6.07) is 2.05. The van der Waals surface area contributed by atoms with E-state index in [1.807, 2.05) is 0 Å². The molecule has 19 heavy (non-hydrogen) atoms. The normalized spacial score (nSPS) is 16.9. The SMILES string of the molecule is CCc1cc(OC)c(OC)c(C2(CN)CCC2)c1Br. The maximum Gasteiger partial charge on any atom is 0.165 e. The molecule has 0 spiro atoms. The van der Waals surface area contributed by atoms with Gasteiger partial charge >= 0.3 is 0 Å². The van der Waals surface area contributed by atoms with Crippen molar-refractivity contribution in [2.24, 2.45) is 5.73 Å². The Morgan fingerprint density at radius 1 is 1.32 bits per heavy atom. The van der Waals surface area contributed by atoms with Gasteiger partial charge in [-0.3, -0.25) is 0 Å². The van der Waals surface area contributed by atoms with Gasteiger partial charge in [0, 0.05) is 22.0 Å². The fourth-order valence-electron chi connectivity index (χ4n) is 2.92. The molecule has 1 aromatic carbocycles. The highest BCUT2D eigenvalue weighted by atomic mass is 79.9. The standard InChI is InChI=1S/C15H22BrNO2/c1-4-10-8-11(18-2)14(19-3)12(13(10)16)15(9-17)6-5-7-15/h8H,4-7,9,17H2,1-3H3. The highest BCUT2D eigenvalue weighted by Crippen LogP contribution is 2.52. The molecule has 0 saturated heterocycles. The molecule has 0 unspecified atom stereocenters. The van der Waals surface area contributed by atoms with Gasteiger partial charge < -0.3 is 15.2 Å². The van der Waals surface area contributed by atoms with Gasteiger partial charge in [0.15, 0.2) is 11.5 Å². The molecule has 3 nitrogen and oxygen atoms in total. The molecule has 4 heteroatoms. The number of aryl methyl sites for hydroxylation is 1. The average Bonchev–Trinajstić information content (AvgIpc) is 2.39. The highest BCUT2D eigenvalue weighted by molar-refractivity contribution is 9.10. The van der Waals surface area contributed by atoms with Crippen molar-refractivity contribution >= 4 is 15.9 Å². The van der Waals surface area contributed by atoms with Crippen LogP contribution in [0.15, 0.2) is 10.5 Å². The molecule has 1 fully saturated rings. The van der Waals surface area contributed by atoms with Crippen LogP contribution in [0.25, 0.3) is 0 Å². The minimum Gasteiger partial charge on any atom is -0.493 e. The largest absolute Gasteiger partial charge is 0.493 e. The van der Waals surface area contributed by atoms with Crippen molar-refractivity contribution in [3.05, 3.63) is 21.7 Å². The molecule has 1 aromatic rings. The fraction of sp³-hybridized carbons (Fsp3) is 0.600. The quantitative estimate of drug-likeness (QED) is 0.901. The van der Waals surface area contributed by atoms with Crippen LogP contribution in [0.1, 0.15) is 37.3 Å². The smallest absolute Gasteiger partial charge is 0.165 e. The summed E-state index contributed by atoms with van der Waals surface area (Å²) < 4.78 is 12.3. The molecule has 0 aliphatic heterocycles. The first-order valence-corrected chi connectivity index (χ1v) is 7.56. The number of hydrogen-bond acceptors (Lipinski definition) is 3. The van der Waals surface area contributed by atoms with Crippen molar-refractivity contribution in [2.75, 3.05) is 20.8 Å². The second kappa shape index (κ2) is 5.71. The van der Waals surface area contributed by atoms with E-state index in [0.717, 1.165) is 35.2 Å². The molecule has 2 N–H and O–H groups in total. The number of ether oxygens (including phenoxy) is 2. The van der Waals surface area contributed by atoms with Gasteiger partial charge in [0.2, 0.25) is 0 Å². The number of halogens is 1. The molecule has 0 aromatic heterocycles. The van der Waals surface area contributed by atoms with Gasteiger partial charge in [0.1, 0.15) is 0 Å². The van der Waals surface area contributed by atoms with Gasteiger partial charge in [-0.15, -0.1) is 0 Å². The van der Waals surface area contributed by atoms with Crippen LogP contribution in [-0.2, 0) is 11.8 Å². The van der Waals surface area contributed by atoms with E-state index in [2.05, 4.69) is 28.9 Å². The highest BCUT2D eigenvalue weighted by Gasteiger charge is 2.42. The van der Waals surface area contributed by atoms with E-state index in [9.17, 15) is 0 Å². The lowest BCUT2D eigenvalue weighted by atomic mass is 9.64. The van der Waals surface area contributed by atoms with Gasteiger partial charge in [0.05, 0.1) is 14.2 Å². The second-order valence-electron chi connectivity index (χ2n) is 5.15. The molecule has 1 saturated carbocycles. The molecule has 0 bridgehead atoms. The zero-order valence-corrected chi connectivity index (χ0v) is 13.5. The van der Waals surface area contributed by atoms with E-state index >= 15 is 0 Å². The molecule has 0 atom stereocenters. The second-order valence-corrected chi connectivity index (χ2v) is 5.94. The number of hydrogen-bond donors (Lipinski definition) is 1. The summed E-state index contributed by atoms with van der Waals surface area (Å²) in [5.74, 6) is 1.63. The van der Waals surface area contributed by atoms with Crippen molar-refractivity contribution in [3.8, 4) is 11.5 Å². The summed E-state index contributed by atoms with van der Waals surface area (Å²) in [6.45, 7) is 2.80. The summed E-state index contributed by atoms with van der Waals surface area (Å²) in [7, 11) is 3.38. The Hall–Kier alpha value is -0.740. The first-order chi connectivity index (χ1) is 9.13. The fourth-order valence-corrected chi connectivity index (χ4v) is 3.91. The third kappa shape index (κ3) is 2.25. The van der Waals surface area contributed by atoms with E-state index in [-0.39, 0.29) is 5.41 Å². The van der Waals surface area contributed by atoms with E-state index in [1.54, 1.807) is 14.2 Å². The number of methoxy groups -OCH3 is 2. The monoisotopic (exact) mass is 327 g/mol. The van der Waals surface area contributed by atoms with Crippen molar-refractivity contribution in [1.82, 2.24) is 0 Å². The Balaban J connectivity index is 2.68. The third-order valence-corrected chi connectivity index (χ3v) is 5.20. The molecule has 0 amide bonds. The Labute approximate surface area is 123 Å². The zero-order valence-electron chi connectivity index (χ0n) is 11.9. The summed E-state index contributed by atoms with van der Waals surface area (Å²) in [4.78, 5) is 0. The Morgan fingerprint density at radius 3 is 2.37 bits per heavy atom. The van der Waals surface area contributed by atoms with Gasteiger partial charge in [-0.1, -0.05) is 29.3 Å². The van der Waals surface area contributed by atoms with Gasteiger partial charge in [-0.25, -0.2) is 0 Å². The number of benzene rings is 1. The first kappa shape index (κ1) is 14.7. The van der Waals surface area contributed by atoms with E-state index < -0.39 is 0 Å². The predicted octanol–water partition coefficient (Wildman–Crippen LogP) is 3.41. The first-order valence-electron chi connectivity index (χ1n) is 6.77. The lowest BCUT2D eigenvalue weighted by Gasteiger charge is -2.43. The molecule has 0 radical (unpaired) electrons. The third-order valence-electron chi connectivity index (χ3n) is 4.29. The molecule has 1 aliphatic rings. The van der Waals surface area contributed by atoms with Crippen LogP contribution in [-0.4, -0.2) is 20.8 Å². The number of rotatable bonds is 5. The van der Waals surface area contributed by atoms with Crippen LogP contribution in [0.5, 0.6) is 11.5 Å². The molecule has 1 aliphatic carbocycles. The molecule has 106 valence electrons. The lowest BCUT2D eigenvalue weighted by Crippen LogP contribution is -2.42. The van der Waals surface area contributed by atoms with Crippen molar-refractivity contribution in [1.29, 1.82) is 0 Å². The van der Waals surface area contributed by atoms with E-state index in [1.165, 1.54) is 17.5 Å². The summed E-state index contributed by atoms with van der Waals surface area (Å²) >= 11 is 3.76. The molecule has 0 heterocycles. The average molecular weight is 328 g/mol. The van der Waals surface area contributed by atoms with Crippen LogP contribution in [0.2, 0.25) is 0 Å². The number of nitrogens with two attached hydrogens (primary N) is 1. The van der Waals surface area contributed by atoms with E-state index in [0.29, 0.717) is 6.54 Å². The van der Waals surface area contributed by atoms with E-state index in [4.69, 9.17) is 15.2 Å². The lowest BCUT2D eigenvalue weighted by molar-refractivity contribution is 0.238. The van der Waals surface area contributed by atoms with Crippen molar-refractivity contribution < 1.29 is 9.47 Å². The zero-order chi connectivity index (χ0) is 14.0. The van der Waals surface area contributed by atoms with Crippen LogP contribution < -0.4 is 15.2 Å². The molecular formula is C15H22BrNO2. The summed E-state index contributed by atoms with van der Waals surface area (Å²) in [5, 5.41) is 0. The Morgan fingerprint density at radius 2 is 2.00 bits per heavy atom. The van der Waals surface area contributed by atoms with Crippen molar-refractivity contribution in [3.63, 3.8) is 0 Å².